The summed E-state index contributed by atoms with van der Waals surface area (Å²) in [5, 5.41) is 0. The largest absolute Gasteiger partial charge is 0.543 e. The van der Waals surface area contributed by atoms with Gasteiger partial charge in [-0.25, -0.2) is 0 Å². The number of rotatable bonds is 10. The molecule has 0 unspecified atom stereocenters. The molecule has 0 saturated heterocycles. The van der Waals surface area contributed by atoms with Gasteiger partial charge in [-0.1, -0.05) is 46.8 Å². The zero-order valence-electron chi connectivity index (χ0n) is 22.8. The van der Waals surface area contributed by atoms with Crippen LogP contribution in [0.5, 0.6) is 17.2 Å². The van der Waals surface area contributed by atoms with Crippen LogP contribution < -0.4 is 13.9 Å². The lowest BCUT2D eigenvalue weighted by Crippen LogP contribution is -2.40. The number of ketones is 2. The molecule has 6 nitrogen and oxygen atoms in total. The van der Waals surface area contributed by atoms with E-state index in [4.69, 9.17) is 13.9 Å². The Morgan fingerprint density at radius 3 is 2.11 bits per heavy atom. The summed E-state index contributed by atoms with van der Waals surface area (Å²) in [6, 6.07) is 7.59. The van der Waals surface area contributed by atoms with Gasteiger partial charge in [0.15, 0.2) is 11.6 Å². The molecule has 3 rings (SSSR count). The molecule has 0 heterocycles. The molecule has 0 radical (unpaired) electrons. The summed E-state index contributed by atoms with van der Waals surface area (Å²) < 4.78 is 18.1. The monoisotopic (exact) mass is 510 g/mol. The molecule has 2 aromatic rings. The van der Waals surface area contributed by atoms with Gasteiger partial charge in [-0.15, -0.1) is 0 Å². The summed E-state index contributed by atoms with van der Waals surface area (Å²) >= 11 is 0. The van der Waals surface area contributed by atoms with E-state index in [1.165, 1.54) is 14.0 Å². The van der Waals surface area contributed by atoms with Crippen molar-refractivity contribution in [3.05, 3.63) is 51.6 Å². The van der Waals surface area contributed by atoms with Gasteiger partial charge in [-0.05, 0) is 49.9 Å². The fourth-order valence-electron chi connectivity index (χ4n) is 5.06. The van der Waals surface area contributed by atoms with Gasteiger partial charge in [0, 0.05) is 29.2 Å². The van der Waals surface area contributed by atoms with E-state index in [0.717, 1.165) is 35.7 Å². The third kappa shape index (κ3) is 4.85. The highest BCUT2D eigenvalue weighted by molar-refractivity contribution is 6.74. The molecule has 1 aliphatic carbocycles. The molecule has 0 spiro atoms. The minimum absolute atomic E-state index is 0.0974. The van der Waals surface area contributed by atoms with Crippen LogP contribution in [0.1, 0.15) is 90.9 Å². The molecule has 0 saturated carbocycles. The molecular formula is C29H38O6Si. The highest BCUT2D eigenvalue weighted by Gasteiger charge is 2.41. The van der Waals surface area contributed by atoms with Crippen molar-refractivity contribution in [1.82, 2.24) is 0 Å². The molecule has 0 N–H and O–H groups in total. The fourth-order valence-corrected chi connectivity index (χ4v) is 7.71. The van der Waals surface area contributed by atoms with Crippen LogP contribution in [0, 0.1) is 12.8 Å². The first-order chi connectivity index (χ1) is 17.1. The Morgan fingerprint density at radius 2 is 1.58 bits per heavy atom. The van der Waals surface area contributed by atoms with Crippen molar-refractivity contribution in [1.29, 1.82) is 0 Å². The Kier molecular flexibility index (Phi) is 8.44. The molecule has 0 aliphatic heterocycles. The van der Waals surface area contributed by atoms with E-state index in [9.17, 15) is 14.4 Å². The Hall–Kier alpha value is -2.93. The molecule has 0 amide bonds. The molecule has 7 heteroatoms. The second-order valence-electron chi connectivity index (χ2n) is 9.92. The van der Waals surface area contributed by atoms with Gasteiger partial charge in [0.25, 0.3) is 8.32 Å². The summed E-state index contributed by atoms with van der Waals surface area (Å²) in [6.07, 6.45) is 1.42. The zero-order valence-corrected chi connectivity index (χ0v) is 23.8. The van der Waals surface area contributed by atoms with Crippen LogP contribution in [0.3, 0.4) is 0 Å². The molecule has 1 aliphatic rings. The second kappa shape index (κ2) is 11.0. The fraction of sp³-hybridized carbons (Fsp3) is 0.483. The van der Waals surface area contributed by atoms with Crippen molar-refractivity contribution in [2.24, 2.45) is 5.92 Å². The summed E-state index contributed by atoms with van der Waals surface area (Å²) in [5.74, 6) is 0.343. The van der Waals surface area contributed by atoms with Crippen LogP contribution in [-0.4, -0.2) is 33.0 Å². The van der Waals surface area contributed by atoms with E-state index in [1.807, 2.05) is 6.92 Å². The Bertz CT molecular complexity index is 1180. The first-order valence-corrected chi connectivity index (χ1v) is 15.4. The third-order valence-corrected chi connectivity index (χ3v) is 11.9. The second-order valence-corrected chi connectivity index (χ2v) is 14.6. The van der Waals surface area contributed by atoms with Crippen molar-refractivity contribution >= 4 is 25.9 Å². The topological polar surface area (TPSA) is 78.9 Å². The first kappa shape index (κ1) is 27.7. The van der Waals surface area contributed by atoms with Gasteiger partial charge in [0.1, 0.15) is 17.2 Å². The minimum Gasteiger partial charge on any atom is -0.543 e. The van der Waals surface area contributed by atoms with E-state index in [-0.39, 0.29) is 34.0 Å². The lowest BCUT2D eigenvalue weighted by molar-refractivity contribution is -0.131. The summed E-state index contributed by atoms with van der Waals surface area (Å²) in [6.45, 7) is 13.9. The molecule has 0 bridgehead atoms. The maximum atomic E-state index is 14.2. The van der Waals surface area contributed by atoms with Gasteiger partial charge in [-0.3, -0.25) is 14.4 Å². The van der Waals surface area contributed by atoms with E-state index in [1.54, 1.807) is 18.2 Å². The summed E-state index contributed by atoms with van der Waals surface area (Å²) in [4.78, 5) is 39.8. The highest BCUT2D eigenvalue weighted by Crippen LogP contribution is 2.47. The van der Waals surface area contributed by atoms with E-state index < -0.39 is 14.3 Å². The number of hydrogen-bond donors (Lipinski definition) is 0. The maximum absolute atomic E-state index is 14.2. The Labute approximate surface area is 215 Å². The number of carbonyl (C=O) groups is 3. The SMILES string of the molecule is CC[Si](CC)(CC)Oc1c(C)c(OC)c2c(c1CCC(C)C)C(=O)c1c(OC(C)=O)cccc1C2=O. The molecule has 0 aromatic heterocycles. The predicted molar refractivity (Wildman–Crippen MR) is 143 cm³/mol. The number of hydrogen-bond acceptors (Lipinski definition) is 6. The molecule has 0 atom stereocenters. The smallest absolute Gasteiger partial charge is 0.308 e. The maximum Gasteiger partial charge on any atom is 0.308 e. The van der Waals surface area contributed by atoms with Crippen molar-refractivity contribution in [2.75, 3.05) is 7.11 Å². The average molecular weight is 511 g/mol. The molecule has 0 fully saturated rings. The number of carbonyl (C=O) groups excluding carboxylic acids is 3. The summed E-state index contributed by atoms with van der Waals surface area (Å²) in [5.41, 5.74) is 2.44. The first-order valence-electron chi connectivity index (χ1n) is 12.9. The van der Waals surface area contributed by atoms with Crippen molar-refractivity contribution in [3.8, 4) is 17.2 Å². The van der Waals surface area contributed by atoms with Crippen molar-refractivity contribution in [3.63, 3.8) is 0 Å². The number of esters is 1. The van der Waals surface area contributed by atoms with Crippen molar-refractivity contribution < 1.29 is 28.3 Å². The quantitative estimate of drug-likeness (QED) is 0.172. The third-order valence-electron chi connectivity index (χ3n) is 7.37. The number of fused-ring (bicyclic) bond motifs is 2. The minimum atomic E-state index is -2.12. The molecule has 36 heavy (non-hydrogen) atoms. The number of benzene rings is 2. The van der Waals surface area contributed by atoms with Crippen LogP contribution in [0.25, 0.3) is 0 Å². The highest BCUT2D eigenvalue weighted by atomic mass is 28.4. The Balaban J connectivity index is 2.40. The standard InChI is InChI=1S/C29H38O6Si/c1-9-36(10-2,11-3)35-28-18(6)29(33-8)25-24(21(28)16-15-17(4)5)27(32)23-20(26(25)31)13-12-14-22(23)34-19(7)30/h12-14,17H,9-11,15-16H2,1-8H3. The zero-order chi connectivity index (χ0) is 26.8. The lowest BCUT2D eigenvalue weighted by Gasteiger charge is -2.34. The van der Waals surface area contributed by atoms with E-state index in [0.29, 0.717) is 29.4 Å². The summed E-state index contributed by atoms with van der Waals surface area (Å²) in [7, 11) is -0.602. The molecule has 194 valence electrons. The van der Waals surface area contributed by atoms with Crippen LogP contribution in [0.4, 0.5) is 0 Å². The van der Waals surface area contributed by atoms with E-state index >= 15 is 0 Å². The van der Waals surface area contributed by atoms with Crippen LogP contribution in [0.2, 0.25) is 18.1 Å². The van der Waals surface area contributed by atoms with Gasteiger partial charge < -0.3 is 13.9 Å². The van der Waals surface area contributed by atoms with Crippen molar-refractivity contribution in [2.45, 2.75) is 79.4 Å². The van der Waals surface area contributed by atoms with Gasteiger partial charge >= 0.3 is 5.97 Å². The predicted octanol–water partition coefficient (Wildman–Crippen LogP) is 6.68. The van der Waals surface area contributed by atoms with Crippen LogP contribution in [0.15, 0.2) is 18.2 Å². The Morgan fingerprint density at radius 1 is 0.944 bits per heavy atom. The van der Waals surface area contributed by atoms with Gasteiger partial charge in [0.05, 0.1) is 18.2 Å². The average Bonchev–Trinajstić information content (AvgIpc) is 2.84. The number of methoxy groups -OCH3 is 1. The van der Waals surface area contributed by atoms with Crippen LogP contribution >= 0.6 is 0 Å². The lowest BCUT2D eigenvalue weighted by atomic mass is 9.78. The van der Waals surface area contributed by atoms with Gasteiger partial charge in [0.2, 0.25) is 0 Å². The van der Waals surface area contributed by atoms with Gasteiger partial charge in [-0.2, -0.15) is 0 Å². The molecular weight excluding hydrogens is 472 g/mol. The number of ether oxygens (including phenoxy) is 2. The molecule has 2 aromatic carbocycles. The van der Waals surface area contributed by atoms with Crippen LogP contribution in [-0.2, 0) is 11.2 Å². The normalized spacial score (nSPS) is 12.9. The van der Waals surface area contributed by atoms with E-state index in [2.05, 4.69) is 34.6 Å².